The lowest BCUT2D eigenvalue weighted by atomic mass is 10.2. The summed E-state index contributed by atoms with van der Waals surface area (Å²) in [4.78, 5) is 2.01. The molecule has 17 heavy (non-hydrogen) atoms. The molecule has 1 saturated heterocycles. The zero-order valence-corrected chi connectivity index (χ0v) is 11.3. The third kappa shape index (κ3) is 2.90. The van der Waals surface area contributed by atoms with Crippen LogP contribution in [-0.2, 0) is 4.74 Å². The predicted octanol–water partition coefficient (Wildman–Crippen LogP) is 2.79. The summed E-state index contributed by atoms with van der Waals surface area (Å²) in [5.74, 6) is -0.336. The van der Waals surface area contributed by atoms with E-state index < -0.39 is 0 Å². The maximum atomic E-state index is 13.3. The van der Waals surface area contributed by atoms with Gasteiger partial charge in [-0.05, 0) is 34.8 Å². The number of nitrogen functional groups attached to an aromatic ring is 1. The summed E-state index contributed by atoms with van der Waals surface area (Å²) in [6, 6.07) is 3.05. The summed E-state index contributed by atoms with van der Waals surface area (Å²) < 4.78 is 19.3. The third-order valence-corrected chi connectivity index (χ3v) is 3.59. The molecule has 2 N–H and O–H groups in total. The van der Waals surface area contributed by atoms with Gasteiger partial charge in [0.05, 0.1) is 22.0 Å². The van der Waals surface area contributed by atoms with E-state index in [4.69, 9.17) is 10.5 Å². The number of rotatable bonds is 3. The number of benzene rings is 1. The van der Waals surface area contributed by atoms with Crippen molar-refractivity contribution in [1.29, 1.82) is 0 Å². The van der Waals surface area contributed by atoms with E-state index in [0.717, 1.165) is 31.7 Å². The number of ether oxygens (including phenoxy) is 1. The van der Waals surface area contributed by atoms with Crippen molar-refractivity contribution in [3.63, 3.8) is 0 Å². The van der Waals surface area contributed by atoms with Gasteiger partial charge in [-0.3, -0.25) is 0 Å². The van der Waals surface area contributed by atoms with Gasteiger partial charge in [-0.2, -0.15) is 0 Å². The third-order valence-electron chi connectivity index (χ3n) is 2.98. The average Bonchev–Trinajstić information content (AvgIpc) is 2.76. The SMILES string of the molecule is CN(CC1CCCO1)c1cc(Br)c(F)cc1N. The lowest BCUT2D eigenvalue weighted by molar-refractivity contribution is 0.116. The fraction of sp³-hybridized carbons (Fsp3) is 0.500. The summed E-state index contributed by atoms with van der Waals surface area (Å²) in [5, 5.41) is 0. The van der Waals surface area contributed by atoms with Crippen molar-refractivity contribution >= 4 is 27.3 Å². The van der Waals surface area contributed by atoms with E-state index in [2.05, 4.69) is 15.9 Å². The van der Waals surface area contributed by atoms with Crippen molar-refractivity contribution in [2.45, 2.75) is 18.9 Å². The second kappa shape index (κ2) is 5.23. The normalized spacial score (nSPS) is 19.6. The maximum Gasteiger partial charge on any atom is 0.139 e. The zero-order valence-electron chi connectivity index (χ0n) is 9.75. The van der Waals surface area contributed by atoms with Crippen molar-refractivity contribution < 1.29 is 9.13 Å². The minimum Gasteiger partial charge on any atom is -0.397 e. The van der Waals surface area contributed by atoms with E-state index in [-0.39, 0.29) is 11.9 Å². The topological polar surface area (TPSA) is 38.5 Å². The summed E-state index contributed by atoms with van der Waals surface area (Å²) >= 11 is 3.17. The maximum absolute atomic E-state index is 13.3. The quantitative estimate of drug-likeness (QED) is 0.873. The molecule has 1 unspecified atom stereocenters. The van der Waals surface area contributed by atoms with Crippen LogP contribution < -0.4 is 10.6 Å². The van der Waals surface area contributed by atoms with E-state index in [1.54, 1.807) is 6.07 Å². The van der Waals surface area contributed by atoms with Gasteiger partial charge in [-0.25, -0.2) is 4.39 Å². The van der Waals surface area contributed by atoms with E-state index in [1.165, 1.54) is 6.07 Å². The molecule has 0 spiro atoms. The molecule has 94 valence electrons. The van der Waals surface area contributed by atoms with Gasteiger partial charge >= 0.3 is 0 Å². The van der Waals surface area contributed by atoms with E-state index in [0.29, 0.717) is 10.2 Å². The van der Waals surface area contributed by atoms with Gasteiger partial charge in [0.25, 0.3) is 0 Å². The molecule has 0 amide bonds. The van der Waals surface area contributed by atoms with Crippen LogP contribution in [0.1, 0.15) is 12.8 Å². The smallest absolute Gasteiger partial charge is 0.139 e. The van der Waals surface area contributed by atoms with Crippen LogP contribution in [0.25, 0.3) is 0 Å². The number of hydrogen-bond acceptors (Lipinski definition) is 3. The number of anilines is 2. The molecule has 1 aromatic rings. The van der Waals surface area contributed by atoms with Gasteiger partial charge in [0.1, 0.15) is 5.82 Å². The standard InChI is InChI=1S/C12H16BrFN2O/c1-16(7-8-3-2-4-17-8)12-5-9(13)10(14)6-11(12)15/h5-6,8H,2-4,7,15H2,1H3. The summed E-state index contributed by atoms with van der Waals surface area (Å²) in [5.41, 5.74) is 7.10. The molecule has 5 heteroatoms. The second-order valence-electron chi connectivity index (χ2n) is 4.34. The first-order chi connectivity index (χ1) is 8.08. The molecule has 3 nitrogen and oxygen atoms in total. The van der Waals surface area contributed by atoms with Crippen LogP contribution in [0, 0.1) is 5.82 Å². The number of likely N-dealkylation sites (N-methyl/N-ethyl adjacent to an activating group) is 1. The fourth-order valence-corrected chi connectivity index (χ4v) is 2.41. The highest BCUT2D eigenvalue weighted by Crippen LogP contribution is 2.29. The van der Waals surface area contributed by atoms with Crippen molar-refractivity contribution in [2.75, 3.05) is 30.8 Å². The first-order valence-electron chi connectivity index (χ1n) is 5.65. The first kappa shape index (κ1) is 12.6. The lowest BCUT2D eigenvalue weighted by Crippen LogP contribution is -2.29. The van der Waals surface area contributed by atoms with E-state index in [9.17, 15) is 4.39 Å². The Balaban J connectivity index is 2.12. The Morgan fingerprint density at radius 3 is 3.00 bits per heavy atom. The predicted molar refractivity (Wildman–Crippen MR) is 70.8 cm³/mol. The van der Waals surface area contributed by atoms with Gasteiger partial charge < -0.3 is 15.4 Å². The highest BCUT2D eigenvalue weighted by molar-refractivity contribution is 9.10. The van der Waals surface area contributed by atoms with Crippen LogP contribution >= 0.6 is 15.9 Å². The molecule has 1 fully saturated rings. The number of nitrogens with two attached hydrogens (primary N) is 1. The highest BCUT2D eigenvalue weighted by atomic mass is 79.9. The minimum atomic E-state index is -0.336. The van der Waals surface area contributed by atoms with Crippen LogP contribution in [0.4, 0.5) is 15.8 Å². The largest absolute Gasteiger partial charge is 0.397 e. The molecular weight excluding hydrogens is 287 g/mol. The minimum absolute atomic E-state index is 0.253. The molecule has 1 aliphatic rings. The summed E-state index contributed by atoms with van der Waals surface area (Å²) in [7, 11) is 1.94. The Labute approximate surface area is 109 Å². The van der Waals surface area contributed by atoms with E-state index >= 15 is 0 Å². The van der Waals surface area contributed by atoms with Crippen LogP contribution in [-0.4, -0.2) is 26.3 Å². The van der Waals surface area contributed by atoms with Gasteiger partial charge in [0.15, 0.2) is 0 Å². The first-order valence-corrected chi connectivity index (χ1v) is 6.44. The Morgan fingerprint density at radius 1 is 1.59 bits per heavy atom. The molecular formula is C12H16BrFN2O. The van der Waals surface area contributed by atoms with Gasteiger partial charge in [0.2, 0.25) is 0 Å². The molecule has 0 radical (unpaired) electrons. The van der Waals surface area contributed by atoms with Crippen molar-refractivity contribution in [2.24, 2.45) is 0 Å². The Hall–Kier alpha value is -0.810. The van der Waals surface area contributed by atoms with Gasteiger partial charge in [-0.15, -0.1) is 0 Å². The molecule has 0 bridgehead atoms. The molecule has 2 rings (SSSR count). The molecule has 1 aliphatic heterocycles. The Kier molecular flexibility index (Phi) is 3.89. The molecule has 1 heterocycles. The fourth-order valence-electron chi connectivity index (χ4n) is 2.07. The Morgan fingerprint density at radius 2 is 2.35 bits per heavy atom. The van der Waals surface area contributed by atoms with E-state index in [1.807, 2.05) is 11.9 Å². The molecule has 0 saturated carbocycles. The van der Waals surface area contributed by atoms with Crippen LogP contribution in [0.5, 0.6) is 0 Å². The van der Waals surface area contributed by atoms with Crippen LogP contribution in [0.15, 0.2) is 16.6 Å². The second-order valence-corrected chi connectivity index (χ2v) is 5.20. The summed E-state index contributed by atoms with van der Waals surface area (Å²) in [6.07, 6.45) is 2.44. The summed E-state index contributed by atoms with van der Waals surface area (Å²) in [6.45, 7) is 1.61. The average molecular weight is 303 g/mol. The molecule has 1 atom stereocenters. The van der Waals surface area contributed by atoms with Gasteiger partial charge in [0, 0.05) is 26.3 Å². The highest BCUT2D eigenvalue weighted by Gasteiger charge is 2.19. The molecule has 0 aromatic heterocycles. The van der Waals surface area contributed by atoms with Crippen molar-refractivity contribution in [3.8, 4) is 0 Å². The Bertz CT molecular complexity index is 408. The van der Waals surface area contributed by atoms with Crippen LogP contribution in [0.2, 0.25) is 0 Å². The lowest BCUT2D eigenvalue weighted by Gasteiger charge is -2.24. The number of hydrogen-bond donors (Lipinski definition) is 1. The van der Waals surface area contributed by atoms with Gasteiger partial charge in [-0.1, -0.05) is 0 Å². The zero-order chi connectivity index (χ0) is 12.4. The van der Waals surface area contributed by atoms with Crippen LogP contribution in [0.3, 0.4) is 0 Å². The number of halogens is 2. The number of nitrogens with zero attached hydrogens (tertiary/aromatic N) is 1. The molecule has 0 aliphatic carbocycles. The van der Waals surface area contributed by atoms with Crippen molar-refractivity contribution in [3.05, 3.63) is 22.4 Å². The monoisotopic (exact) mass is 302 g/mol. The molecule has 1 aromatic carbocycles. The van der Waals surface area contributed by atoms with Crippen molar-refractivity contribution in [1.82, 2.24) is 0 Å².